The van der Waals surface area contributed by atoms with Crippen LogP contribution in [-0.4, -0.2) is 39.5 Å². The van der Waals surface area contributed by atoms with E-state index in [0.717, 1.165) is 36.5 Å². The van der Waals surface area contributed by atoms with Crippen LogP contribution in [0.4, 0.5) is 0 Å². The lowest BCUT2D eigenvalue weighted by Crippen LogP contribution is -2.38. The predicted octanol–water partition coefficient (Wildman–Crippen LogP) is 2.53. The van der Waals surface area contributed by atoms with Gasteiger partial charge in [-0.1, -0.05) is 19.1 Å². The molecule has 1 aromatic heterocycles. The Morgan fingerprint density at radius 2 is 2.04 bits per heavy atom. The Morgan fingerprint density at radius 3 is 2.68 bits per heavy atom. The number of rotatable bonds is 9. The lowest BCUT2D eigenvalue weighted by Gasteiger charge is -2.11. The van der Waals surface area contributed by atoms with Crippen LogP contribution in [0.25, 0.3) is 0 Å². The first-order valence-electron chi connectivity index (χ1n) is 8.96. The fraction of sp³-hybridized carbons (Fsp3) is 0.444. The number of nitrogens with one attached hydrogen (secondary N) is 3. The number of aromatic nitrogens is 1. The first-order valence-corrected chi connectivity index (χ1v) is 11.3. The third kappa shape index (κ3) is 7.64. The van der Waals surface area contributed by atoms with Crippen LogP contribution in [0.15, 0.2) is 40.4 Å². The Bertz CT molecular complexity index is 868. The number of thiazole rings is 1. The van der Waals surface area contributed by atoms with Crippen molar-refractivity contribution in [1.82, 2.24) is 20.3 Å². The lowest BCUT2D eigenvalue weighted by molar-refractivity contribution is 0.588. The summed E-state index contributed by atoms with van der Waals surface area (Å²) in [6.45, 7) is 6.00. The minimum atomic E-state index is -3.45. The molecule has 1 heterocycles. The molecular formula is C18H28IN5O2S2. The minimum absolute atomic E-state index is 0. The molecule has 28 heavy (non-hydrogen) atoms. The first-order chi connectivity index (χ1) is 13.0. The largest absolute Gasteiger partial charge is 0.357 e. The molecule has 3 N–H and O–H groups in total. The second-order valence-electron chi connectivity index (χ2n) is 5.80. The van der Waals surface area contributed by atoms with E-state index < -0.39 is 10.0 Å². The van der Waals surface area contributed by atoms with Gasteiger partial charge in [-0.15, -0.1) is 35.3 Å². The molecule has 7 nitrogen and oxygen atoms in total. The van der Waals surface area contributed by atoms with Gasteiger partial charge < -0.3 is 10.6 Å². The molecule has 0 spiro atoms. The average Bonchev–Trinajstić information content (AvgIpc) is 3.14. The van der Waals surface area contributed by atoms with Crippen LogP contribution in [0.2, 0.25) is 0 Å². The van der Waals surface area contributed by atoms with E-state index in [0.29, 0.717) is 12.5 Å². The molecule has 2 rings (SSSR count). The summed E-state index contributed by atoms with van der Waals surface area (Å²) in [6.07, 6.45) is 3.79. The molecule has 0 saturated carbocycles. The van der Waals surface area contributed by atoms with Gasteiger partial charge in [0, 0.05) is 30.6 Å². The molecule has 2 aromatic rings. The van der Waals surface area contributed by atoms with Crippen molar-refractivity contribution < 1.29 is 8.42 Å². The van der Waals surface area contributed by atoms with Gasteiger partial charge in [-0.3, -0.25) is 0 Å². The van der Waals surface area contributed by atoms with E-state index in [4.69, 9.17) is 0 Å². The van der Waals surface area contributed by atoms with Crippen molar-refractivity contribution in [2.45, 2.75) is 38.1 Å². The molecule has 0 bridgehead atoms. The molecule has 1 aromatic carbocycles. The van der Waals surface area contributed by atoms with Crippen LogP contribution in [0.5, 0.6) is 0 Å². The van der Waals surface area contributed by atoms with Crippen molar-refractivity contribution in [2.24, 2.45) is 4.99 Å². The molecule has 0 aliphatic rings. The van der Waals surface area contributed by atoms with Crippen LogP contribution in [0, 0.1) is 0 Å². The van der Waals surface area contributed by atoms with Gasteiger partial charge in [-0.05, 0) is 38.1 Å². The molecule has 10 heteroatoms. The maximum absolute atomic E-state index is 11.9. The van der Waals surface area contributed by atoms with E-state index in [9.17, 15) is 8.42 Å². The third-order valence-electron chi connectivity index (χ3n) is 3.82. The van der Waals surface area contributed by atoms with Gasteiger partial charge in [0.05, 0.1) is 16.4 Å². The highest BCUT2D eigenvalue weighted by Gasteiger charge is 2.11. The van der Waals surface area contributed by atoms with E-state index in [1.54, 1.807) is 29.5 Å². The molecule has 0 radical (unpaired) electrons. The Kier molecular flexibility index (Phi) is 10.9. The quantitative estimate of drug-likeness (QED) is 0.260. The molecule has 0 aliphatic carbocycles. The zero-order valence-corrected chi connectivity index (χ0v) is 20.3. The molecular weight excluding hydrogens is 509 g/mol. The normalized spacial score (nSPS) is 11.8. The average molecular weight is 537 g/mol. The highest BCUT2D eigenvalue weighted by atomic mass is 127. The number of nitrogens with zero attached hydrogens (tertiary/aromatic N) is 2. The van der Waals surface area contributed by atoms with E-state index in [1.807, 2.05) is 19.2 Å². The van der Waals surface area contributed by atoms with Crippen LogP contribution in [0.3, 0.4) is 0 Å². The summed E-state index contributed by atoms with van der Waals surface area (Å²) in [5.41, 5.74) is 0.830. The van der Waals surface area contributed by atoms with Crippen molar-refractivity contribution in [2.75, 3.05) is 20.1 Å². The van der Waals surface area contributed by atoms with Crippen molar-refractivity contribution in [3.8, 4) is 0 Å². The standard InChI is InChI=1S/C18H27N5O2S2.HI/c1-4-15-13-22-17(26-15)9-10-21-18(20-5-2)23-12-14-7-6-8-16(11-14)27(24,25)19-3;/h6-8,11,13,19H,4-5,9-10,12H2,1-3H3,(H2,20,21,23);1H. The molecule has 0 fully saturated rings. The molecule has 0 amide bonds. The smallest absolute Gasteiger partial charge is 0.240 e. The lowest BCUT2D eigenvalue weighted by atomic mass is 10.2. The molecule has 156 valence electrons. The summed E-state index contributed by atoms with van der Waals surface area (Å²) in [6, 6.07) is 6.80. The van der Waals surface area contributed by atoms with E-state index in [2.05, 4.69) is 32.3 Å². The summed E-state index contributed by atoms with van der Waals surface area (Å²) in [5.74, 6) is 0.701. The highest BCUT2D eigenvalue weighted by molar-refractivity contribution is 14.0. The fourth-order valence-electron chi connectivity index (χ4n) is 2.36. The van der Waals surface area contributed by atoms with Crippen LogP contribution >= 0.6 is 35.3 Å². The summed E-state index contributed by atoms with van der Waals surface area (Å²) in [4.78, 5) is 10.5. The van der Waals surface area contributed by atoms with Gasteiger partial charge in [-0.2, -0.15) is 0 Å². The summed E-state index contributed by atoms with van der Waals surface area (Å²) in [7, 11) is -2.05. The van der Waals surface area contributed by atoms with E-state index in [-0.39, 0.29) is 28.9 Å². The zero-order chi connectivity index (χ0) is 19.7. The maximum Gasteiger partial charge on any atom is 0.240 e. The van der Waals surface area contributed by atoms with Gasteiger partial charge in [0.25, 0.3) is 0 Å². The molecule has 0 aliphatic heterocycles. The number of aliphatic imine (C=N–C) groups is 1. The van der Waals surface area contributed by atoms with Gasteiger partial charge >= 0.3 is 0 Å². The summed E-state index contributed by atoms with van der Waals surface area (Å²) >= 11 is 1.74. The number of sulfonamides is 1. The highest BCUT2D eigenvalue weighted by Crippen LogP contribution is 2.13. The summed E-state index contributed by atoms with van der Waals surface area (Å²) < 4.78 is 26.2. The van der Waals surface area contributed by atoms with Gasteiger partial charge in [0.2, 0.25) is 10.0 Å². The van der Waals surface area contributed by atoms with Crippen LogP contribution in [-0.2, 0) is 29.4 Å². The number of guanidine groups is 1. The van der Waals surface area contributed by atoms with Crippen molar-refractivity contribution in [3.63, 3.8) is 0 Å². The first kappa shape index (κ1) is 24.8. The van der Waals surface area contributed by atoms with Crippen LogP contribution in [0.1, 0.15) is 29.3 Å². The Morgan fingerprint density at radius 1 is 1.25 bits per heavy atom. The fourth-order valence-corrected chi connectivity index (χ4v) is 4.02. The molecule has 0 saturated heterocycles. The van der Waals surface area contributed by atoms with Crippen molar-refractivity contribution >= 4 is 51.3 Å². The van der Waals surface area contributed by atoms with E-state index in [1.165, 1.54) is 11.9 Å². The Balaban J connectivity index is 0.00000392. The second-order valence-corrected chi connectivity index (χ2v) is 8.89. The van der Waals surface area contributed by atoms with Crippen molar-refractivity contribution in [1.29, 1.82) is 0 Å². The van der Waals surface area contributed by atoms with Crippen molar-refractivity contribution in [3.05, 3.63) is 45.9 Å². The Labute approximate surface area is 188 Å². The van der Waals surface area contributed by atoms with Gasteiger partial charge in [0.15, 0.2) is 5.96 Å². The van der Waals surface area contributed by atoms with Gasteiger partial charge in [0.1, 0.15) is 0 Å². The monoisotopic (exact) mass is 537 g/mol. The second kappa shape index (κ2) is 12.3. The topological polar surface area (TPSA) is 95.5 Å². The number of benzene rings is 1. The van der Waals surface area contributed by atoms with Gasteiger partial charge in [-0.25, -0.2) is 23.1 Å². The maximum atomic E-state index is 11.9. The van der Waals surface area contributed by atoms with Crippen LogP contribution < -0.4 is 15.4 Å². The molecule has 0 unspecified atom stereocenters. The number of hydrogen-bond donors (Lipinski definition) is 3. The predicted molar refractivity (Wildman–Crippen MR) is 126 cm³/mol. The molecule has 0 atom stereocenters. The Hall–Kier alpha value is -1.24. The van der Waals surface area contributed by atoms with E-state index >= 15 is 0 Å². The SMILES string of the molecule is CCNC(=NCc1cccc(S(=O)(=O)NC)c1)NCCc1ncc(CC)s1.I. The zero-order valence-electron chi connectivity index (χ0n) is 16.4. The number of aryl methyl sites for hydroxylation is 1. The minimum Gasteiger partial charge on any atom is -0.357 e. The number of halogens is 1. The third-order valence-corrected chi connectivity index (χ3v) is 6.44. The number of hydrogen-bond acceptors (Lipinski definition) is 5. The summed E-state index contributed by atoms with van der Waals surface area (Å²) in [5, 5.41) is 7.61.